The zero-order valence-electron chi connectivity index (χ0n) is 13.8. The lowest BCUT2D eigenvalue weighted by Gasteiger charge is -2.11. The van der Waals surface area contributed by atoms with Gasteiger partial charge in [-0.05, 0) is 45.0 Å². The molecule has 1 unspecified atom stereocenters. The van der Waals surface area contributed by atoms with Crippen molar-refractivity contribution in [3.05, 3.63) is 22.8 Å². The van der Waals surface area contributed by atoms with E-state index in [1.165, 1.54) is 11.1 Å². The van der Waals surface area contributed by atoms with Gasteiger partial charge in [-0.2, -0.15) is 0 Å². The summed E-state index contributed by atoms with van der Waals surface area (Å²) < 4.78 is 10.7. The molecule has 0 rings (SSSR count). The molecule has 4 nitrogen and oxygen atoms in total. The van der Waals surface area contributed by atoms with Gasteiger partial charge < -0.3 is 14.6 Å². The molecule has 0 fully saturated rings. The first kappa shape index (κ1) is 21.3. The van der Waals surface area contributed by atoms with Crippen LogP contribution in [0.25, 0.3) is 0 Å². The van der Waals surface area contributed by atoms with Crippen LogP contribution in [0, 0.1) is 0 Å². The van der Waals surface area contributed by atoms with Crippen molar-refractivity contribution in [3.63, 3.8) is 0 Å². The van der Waals surface area contributed by atoms with E-state index in [0.29, 0.717) is 6.61 Å². The Balaban J connectivity index is 4.07. The average Bonchev–Trinajstić information content (AvgIpc) is 2.45. The zero-order valence-corrected chi connectivity index (χ0v) is 15.5. The predicted octanol–water partition coefficient (Wildman–Crippen LogP) is 3.36. The van der Waals surface area contributed by atoms with Gasteiger partial charge in [0.15, 0.2) is 0 Å². The van der Waals surface area contributed by atoms with Crippen molar-refractivity contribution in [2.24, 2.45) is 4.99 Å². The molecule has 0 aromatic rings. The molecule has 0 radical (unpaired) electrons. The van der Waals surface area contributed by atoms with E-state index in [-0.39, 0.29) is 24.1 Å². The molecule has 0 heterocycles. The third-order valence-electron chi connectivity index (χ3n) is 2.91. The van der Waals surface area contributed by atoms with Gasteiger partial charge in [-0.25, -0.2) is 0 Å². The number of hydrogen-bond acceptors (Lipinski definition) is 5. The van der Waals surface area contributed by atoms with E-state index in [1.54, 1.807) is 6.21 Å². The van der Waals surface area contributed by atoms with Gasteiger partial charge in [0.25, 0.3) is 0 Å². The fourth-order valence-electron chi connectivity index (χ4n) is 1.44. The van der Waals surface area contributed by atoms with Gasteiger partial charge in [0.2, 0.25) is 4.38 Å². The van der Waals surface area contributed by atoms with E-state index < -0.39 is 6.10 Å². The molecule has 1 N–H and O–H groups in total. The van der Waals surface area contributed by atoms with Crippen LogP contribution >= 0.6 is 24.8 Å². The molecule has 0 aliphatic rings. The van der Waals surface area contributed by atoms with Crippen molar-refractivity contribution in [2.45, 2.75) is 40.2 Å². The van der Waals surface area contributed by atoms with Gasteiger partial charge in [0.1, 0.15) is 6.61 Å². The van der Waals surface area contributed by atoms with Gasteiger partial charge in [0, 0.05) is 6.21 Å². The summed E-state index contributed by atoms with van der Waals surface area (Å²) in [5.74, 6) is 0. The van der Waals surface area contributed by atoms with Crippen molar-refractivity contribution in [2.75, 3.05) is 26.4 Å². The summed E-state index contributed by atoms with van der Waals surface area (Å²) in [6.07, 6.45) is 4.10. The van der Waals surface area contributed by atoms with Crippen LogP contribution in [0.1, 0.15) is 34.1 Å². The Bertz CT molecular complexity index is 427. The van der Waals surface area contributed by atoms with Crippen molar-refractivity contribution in [1.82, 2.24) is 0 Å². The molecule has 0 aliphatic carbocycles. The second kappa shape index (κ2) is 12.8. The highest BCUT2D eigenvalue weighted by Crippen LogP contribution is 2.11. The minimum absolute atomic E-state index is 0.181. The molecule has 0 saturated heterocycles. The maximum Gasteiger partial charge on any atom is 0.217 e. The molecule has 0 aromatic carbocycles. The minimum atomic E-state index is -0.631. The van der Waals surface area contributed by atoms with E-state index in [0.717, 1.165) is 12.0 Å². The highest BCUT2D eigenvalue weighted by atomic mass is 32.1. The number of hydrogen-bond donors (Lipinski definition) is 2. The van der Waals surface area contributed by atoms with Gasteiger partial charge in [0.05, 0.1) is 25.9 Å². The lowest BCUT2D eigenvalue weighted by atomic mass is 10.1. The largest absolute Gasteiger partial charge is 0.473 e. The number of thiol groups is 1. The molecule has 0 aromatic heterocycles. The third kappa shape index (κ3) is 11.9. The van der Waals surface area contributed by atoms with E-state index in [2.05, 4.69) is 63.6 Å². The summed E-state index contributed by atoms with van der Waals surface area (Å²) >= 11 is 8.46. The minimum Gasteiger partial charge on any atom is -0.473 e. The van der Waals surface area contributed by atoms with Crippen LogP contribution in [0.15, 0.2) is 27.8 Å². The quantitative estimate of drug-likeness (QED) is 0.276. The van der Waals surface area contributed by atoms with Crippen LogP contribution in [0.3, 0.4) is 0 Å². The Morgan fingerprint density at radius 1 is 1.36 bits per heavy atom. The van der Waals surface area contributed by atoms with Gasteiger partial charge >= 0.3 is 0 Å². The standard InChI is InChI=1S/C16H27NO3S2/c1-5-13(4)8-14(12(2)3)10-19-11-15(18)9-17-6-7-20-16(21)22/h6,8,15,18H,5,7,9-11H2,1-4H3,(H,21,22)/b13-8-,17-6?. The smallest absolute Gasteiger partial charge is 0.217 e. The first-order valence-corrected chi connectivity index (χ1v) is 8.15. The van der Waals surface area contributed by atoms with Gasteiger partial charge in [-0.15, -0.1) is 0 Å². The third-order valence-corrected chi connectivity index (χ3v) is 3.16. The molecule has 22 heavy (non-hydrogen) atoms. The molecule has 1 atom stereocenters. The van der Waals surface area contributed by atoms with Crippen LogP contribution in [0.5, 0.6) is 0 Å². The van der Waals surface area contributed by atoms with Crippen LogP contribution < -0.4 is 0 Å². The number of thiocarbonyl (C=S) groups is 1. The second-order valence-electron chi connectivity index (χ2n) is 5.16. The maximum atomic E-state index is 9.79. The fraction of sp³-hybridized carbons (Fsp3) is 0.625. The Morgan fingerprint density at radius 3 is 2.59 bits per heavy atom. The second-order valence-corrected chi connectivity index (χ2v) is 6.24. The lowest BCUT2D eigenvalue weighted by Crippen LogP contribution is -2.19. The highest BCUT2D eigenvalue weighted by molar-refractivity contribution is 8.10. The fourth-order valence-corrected chi connectivity index (χ4v) is 1.59. The molecule has 0 bridgehead atoms. The summed E-state index contributed by atoms with van der Waals surface area (Å²) in [6.45, 7) is 9.63. The zero-order chi connectivity index (χ0) is 17.0. The summed E-state index contributed by atoms with van der Waals surface area (Å²) in [4.78, 5) is 4.04. The van der Waals surface area contributed by atoms with Crippen LogP contribution in [-0.4, -0.2) is 48.2 Å². The molecule has 0 amide bonds. The number of aliphatic imine (C=N–C) groups is 1. The molecular weight excluding hydrogens is 318 g/mol. The van der Waals surface area contributed by atoms with Crippen molar-refractivity contribution in [3.8, 4) is 0 Å². The molecule has 126 valence electrons. The first-order chi connectivity index (χ1) is 10.4. The van der Waals surface area contributed by atoms with Crippen molar-refractivity contribution >= 4 is 35.4 Å². The molecule has 6 heteroatoms. The van der Waals surface area contributed by atoms with Crippen molar-refractivity contribution in [1.29, 1.82) is 0 Å². The number of aliphatic hydroxyl groups excluding tert-OH is 1. The van der Waals surface area contributed by atoms with E-state index >= 15 is 0 Å². The summed E-state index contributed by atoms with van der Waals surface area (Å²) in [7, 11) is 0. The SMILES string of the molecule is CC/C(C)=C\C(COCC(O)CN=CCOC(=S)S)=C(C)C. The van der Waals surface area contributed by atoms with Crippen LogP contribution in [0.2, 0.25) is 0 Å². The van der Waals surface area contributed by atoms with Crippen LogP contribution in [-0.2, 0) is 9.47 Å². The Labute approximate surface area is 144 Å². The number of ether oxygens (including phenoxy) is 2. The summed E-state index contributed by atoms with van der Waals surface area (Å²) in [6, 6.07) is 0. The van der Waals surface area contributed by atoms with E-state index in [9.17, 15) is 5.11 Å². The summed E-state index contributed by atoms with van der Waals surface area (Å²) in [5.41, 5.74) is 3.69. The predicted molar refractivity (Wildman–Crippen MR) is 100 cm³/mol. The highest BCUT2D eigenvalue weighted by Gasteiger charge is 2.04. The Kier molecular flexibility index (Phi) is 12.4. The average molecular weight is 346 g/mol. The van der Waals surface area contributed by atoms with Gasteiger partial charge in [-0.1, -0.05) is 36.8 Å². The number of aliphatic hydroxyl groups is 1. The molecular formula is C16H27NO3S2. The first-order valence-electron chi connectivity index (χ1n) is 7.30. The number of allylic oxidation sites excluding steroid dienone is 2. The van der Waals surface area contributed by atoms with E-state index in [4.69, 9.17) is 9.47 Å². The van der Waals surface area contributed by atoms with Crippen molar-refractivity contribution < 1.29 is 14.6 Å². The topological polar surface area (TPSA) is 51.0 Å². The molecule has 0 spiro atoms. The lowest BCUT2D eigenvalue weighted by molar-refractivity contribution is 0.0524. The molecule has 0 aliphatic heterocycles. The maximum absolute atomic E-state index is 9.79. The Hall–Kier alpha value is -0.690. The Morgan fingerprint density at radius 2 is 2.05 bits per heavy atom. The van der Waals surface area contributed by atoms with E-state index in [1.807, 2.05) is 0 Å². The summed E-state index contributed by atoms with van der Waals surface area (Å²) in [5, 5.41) is 9.79. The normalized spacial score (nSPS) is 13.3. The molecule has 0 saturated carbocycles. The monoisotopic (exact) mass is 345 g/mol. The number of nitrogens with zero attached hydrogens (tertiary/aromatic N) is 1. The number of rotatable bonds is 10. The van der Waals surface area contributed by atoms with Crippen LogP contribution in [0.4, 0.5) is 0 Å². The van der Waals surface area contributed by atoms with Gasteiger partial charge in [-0.3, -0.25) is 4.99 Å².